The Morgan fingerprint density at radius 3 is 2.67 bits per heavy atom. The van der Waals surface area contributed by atoms with Crippen molar-refractivity contribution in [2.75, 3.05) is 17.2 Å². The van der Waals surface area contributed by atoms with Gasteiger partial charge in [0.15, 0.2) is 0 Å². The van der Waals surface area contributed by atoms with Crippen molar-refractivity contribution in [2.24, 2.45) is 5.92 Å². The molecule has 1 atom stereocenters. The Hall–Kier alpha value is -2.83. The highest BCUT2D eigenvalue weighted by molar-refractivity contribution is 5.94. The van der Waals surface area contributed by atoms with Crippen molar-refractivity contribution < 1.29 is 9.59 Å². The molecule has 3 rings (SSSR count). The van der Waals surface area contributed by atoms with Gasteiger partial charge in [0.2, 0.25) is 5.91 Å². The van der Waals surface area contributed by atoms with Crippen molar-refractivity contribution in [3.8, 4) is 0 Å². The number of carbonyl (C=O) groups excluding carboxylic acids is 2. The molecule has 27 heavy (non-hydrogen) atoms. The van der Waals surface area contributed by atoms with Crippen LogP contribution in [0.4, 0.5) is 16.2 Å². The van der Waals surface area contributed by atoms with Crippen molar-refractivity contribution in [3.63, 3.8) is 0 Å². The van der Waals surface area contributed by atoms with Crippen LogP contribution in [0.15, 0.2) is 43.0 Å². The molecule has 2 aromatic rings. The number of anilines is 2. The summed E-state index contributed by atoms with van der Waals surface area (Å²) in [6.45, 7) is 2.64. The number of amides is 3. The van der Waals surface area contributed by atoms with Crippen LogP contribution < -0.4 is 16.0 Å². The monoisotopic (exact) mass is 369 g/mol. The Kier molecular flexibility index (Phi) is 6.46. The van der Waals surface area contributed by atoms with Gasteiger partial charge in [-0.05, 0) is 44.4 Å². The van der Waals surface area contributed by atoms with E-state index in [-0.39, 0.29) is 23.9 Å². The highest BCUT2D eigenvalue weighted by Gasteiger charge is 2.22. The van der Waals surface area contributed by atoms with Crippen LogP contribution >= 0.6 is 0 Å². The first-order valence-electron chi connectivity index (χ1n) is 9.55. The quantitative estimate of drug-likeness (QED) is 0.694. The van der Waals surface area contributed by atoms with E-state index in [1.165, 1.54) is 0 Å². The minimum Gasteiger partial charge on any atom is -0.338 e. The molecule has 3 N–H and O–H groups in total. The molecule has 0 spiro atoms. The van der Waals surface area contributed by atoms with E-state index in [4.69, 9.17) is 0 Å². The fraction of sp³-hybridized carbons (Fsp3) is 0.450. The van der Waals surface area contributed by atoms with E-state index >= 15 is 0 Å². The Morgan fingerprint density at radius 2 is 1.96 bits per heavy atom. The van der Waals surface area contributed by atoms with E-state index in [0.29, 0.717) is 17.9 Å². The lowest BCUT2D eigenvalue weighted by atomic mass is 10.1. The summed E-state index contributed by atoms with van der Waals surface area (Å²) in [5.41, 5.74) is 1.36. The summed E-state index contributed by atoms with van der Waals surface area (Å²) in [5.74, 6) is 0.185. The van der Waals surface area contributed by atoms with Crippen molar-refractivity contribution in [1.29, 1.82) is 0 Å². The molecule has 1 aliphatic carbocycles. The minimum atomic E-state index is -0.257. The number of carbonyl (C=O) groups is 2. The zero-order chi connectivity index (χ0) is 19.1. The molecule has 1 aromatic carbocycles. The second kappa shape index (κ2) is 9.21. The number of hydrogen-bond donors (Lipinski definition) is 3. The van der Waals surface area contributed by atoms with Gasteiger partial charge in [0.05, 0.1) is 6.33 Å². The van der Waals surface area contributed by atoms with Gasteiger partial charge >= 0.3 is 6.03 Å². The summed E-state index contributed by atoms with van der Waals surface area (Å²) < 4.78 is 2.01. The summed E-state index contributed by atoms with van der Waals surface area (Å²) in [4.78, 5) is 28.4. The number of nitrogens with zero attached hydrogens (tertiary/aromatic N) is 2. The molecule has 0 aliphatic heterocycles. The third-order valence-electron chi connectivity index (χ3n) is 5.00. The summed E-state index contributed by atoms with van der Waals surface area (Å²) in [7, 11) is 0. The standard InChI is InChI=1S/C20H27N5O2/c1-15(25-12-11-21-14-25)9-10-22-20(27)24-18-8-4-7-17(13-18)23-19(26)16-5-2-3-6-16/h4,7-8,11-16H,2-3,5-6,9-10H2,1H3,(H,23,26)(H2,22,24,27)/t15-/m1/s1. The zero-order valence-electron chi connectivity index (χ0n) is 15.6. The molecule has 3 amide bonds. The van der Waals surface area contributed by atoms with Crippen molar-refractivity contribution >= 4 is 23.3 Å². The number of hydrogen-bond acceptors (Lipinski definition) is 3. The number of rotatable bonds is 7. The van der Waals surface area contributed by atoms with Crippen LogP contribution in [0.3, 0.4) is 0 Å². The topological polar surface area (TPSA) is 88.0 Å². The maximum Gasteiger partial charge on any atom is 0.319 e. The Balaban J connectivity index is 1.44. The summed E-state index contributed by atoms with van der Waals surface area (Å²) in [6.07, 6.45) is 10.4. The van der Waals surface area contributed by atoms with Crippen LogP contribution in [0.1, 0.15) is 45.1 Å². The third-order valence-corrected chi connectivity index (χ3v) is 5.00. The average molecular weight is 369 g/mol. The zero-order valence-corrected chi connectivity index (χ0v) is 15.6. The average Bonchev–Trinajstić information content (AvgIpc) is 3.36. The van der Waals surface area contributed by atoms with Crippen LogP contribution in [0.2, 0.25) is 0 Å². The molecule has 1 aliphatic rings. The van der Waals surface area contributed by atoms with Gasteiger partial charge in [-0.15, -0.1) is 0 Å². The third kappa shape index (κ3) is 5.57. The van der Waals surface area contributed by atoms with Gasteiger partial charge in [0, 0.05) is 42.3 Å². The summed E-state index contributed by atoms with van der Waals surface area (Å²) >= 11 is 0. The normalized spacial score (nSPS) is 15.3. The molecule has 1 fully saturated rings. The van der Waals surface area contributed by atoms with Gasteiger partial charge in [-0.3, -0.25) is 4.79 Å². The minimum absolute atomic E-state index is 0.0718. The fourth-order valence-corrected chi connectivity index (χ4v) is 3.36. The molecular weight excluding hydrogens is 342 g/mol. The first-order valence-corrected chi connectivity index (χ1v) is 9.55. The Morgan fingerprint density at radius 1 is 1.22 bits per heavy atom. The highest BCUT2D eigenvalue weighted by Crippen LogP contribution is 2.26. The highest BCUT2D eigenvalue weighted by atomic mass is 16.2. The molecular formula is C20H27N5O2. The van der Waals surface area contributed by atoms with E-state index in [1.54, 1.807) is 24.7 Å². The second-order valence-electron chi connectivity index (χ2n) is 7.08. The fourth-order valence-electron chi connectivity index (χ4n) is 3.36. The maximum absolute atomic E-state index is 12.2. The largest absolute Gasteiger partial charge is 0.338 e. The molecule has 1 heterocycles. The van der Waals surface area contributed by atoms with E-state index in [0.717, 1.165) is 32.1 Å². The number of urea groups is 1. The van der Waals surface area contributed by atoms with Gasteiger partial charge in [-0.25, -0.2) is 9.78 Å². The molecule has 0 bridgehead atoms. The van der Waals surface area contributed by atoms with Gasteiger partial charge in [0.1, 0.15) is 0 Å². The lowest BCUT2D eigenvalue weighted by Crippen LogP contribution is -2.30. The summed E-state index contributed by atoms with van der Waals surface area (Å²) in [6, 6.07) is 7.25. The number of imidazole rings is 1. The number of nitrogens with one attached hydrogen (secondary N) is 3. The van der Waals surface area contributed by atoms with Crippen molar-refractivity contribution in [1.82, 2.24) is 14.9 Å². The Labute approximate surface area is 159 Å². The molecule has 0 radical (unpaired) electrons. The van der Waals surface area contributed by atoms with E-state index in [2.05, 4.69) is 27.9 Å². The van der Waals surface area contributed by atoms with Gasteiger partial charge < -0.3 is 20.5 Å². The predicted octanol–water partition coefficient (Wildman–Crippen LogP) is 3.78. The smallest absolute Gasteiger partial charge is 0.319 e. The second-order valence-corrected chi connectivity index (χ2v) is 7.08. The van der Waals surface area contributed by atoms with Crippen molar-refractivity contribution in [3.05, 3.63) is 43.0 Å². The van der Waals surface area contributed by atoms with Crippen LogP contribution in [-0.4, -0.2) is 28.0 Å². The molecule has 144 valence electrons. The van der Waals surface area contributed by atoms with Crippen LogP contribution in [0, 0.1) is 5.92 Å². The molecule has 1 saturated carbocycles. The molecule has 7 nitrogen and oxygen atoms in total. The van der Waals surface area contributed by atoms with Crippen LogP contribution in [-0.2, 0) is 4.79 Å². The van der Waals surface area contributed by atoms with E-state index in [9.17, 15) is 9.59 Å². The molecule has 0 saturated heterocycles. The Bertz CT molecular complexity index is 753. The van der Waals surface area contributed by atoms with Gasteiger partial charge in [-0.2, -0.15) is 0 Å². The summed E-state index contributed by atoms with van der Waals surface area (Å²) in [5, 5.41) is 8.62. The van der Waals surface area contributed by atoms with Crippen LogP contribution in [0.5, 0.6) is 0 Å². The molecule has 7 heteroatoms. The molecule has 0 unspecified atom stereocenters. The first kappa shape index (κ1) is 18.9. The van der Waals surface area contributed by atoms with Gasteiger partial charge in [0.25, 0.3) is 0 Å². The maximum atomic E-state index is 12.2. The molecule has 1 aromatic heterocycles. The van der Waals surface area contributed by atoms with Gasteiger partial charge in [-0.1, -0.05) is 18.9 Å². The predicted molar refractivity (Wildman–Crippen MR) is 106 cm³/mol. The SMILES string of the molecule is C[C@H](CCNC(=O)Nc1cccc(NC(=O)C2CCCC2)c1)n1ccnc1. The first-order chi connectivity index (χ1) is 13.1. The van der Waals surface area contributed by atoms with E-state index < -0.39 is 0 Å². The van der Waals surface area contributed by atoms with Crippen molar-refractivity contribution in [2.45, 2.75) is 45.1 Å². The van der Waals surface area contributed by atoms with E-state index in [1.807, 2.05) is 22.9 Å². The van der Waals surface area contributed by atoms with Crippen LogP contribution in [0.25, 0.3) is 0 Å². The lowest BCUT2D eigenvalue weighted by molar-refractivity contribution is -0.119. The number of aromatic nitrogens is 2. The lowest BCUT2D eigenvalue weighted by Gasteiger charge is -2.14. The number of benzene rings is 1.